The van der Waals surface area contributed by atoms with E-state index in [1.54, 1.807) is 26.0 Å². The third-order valence-corrected chi connectivity index (χ3v) is 3.59. The molecule has 0 aromatic carbocycles. The Balaban J connectivity index is 0.000000257. The molecule has 9 heteroatoms. The van der Waals surface area contributed by atoms with Gasteiger partial charge in [0.05, 0.1) is 5.69 Å². The number of alkyl halides is 6. The van der Waals surface area contributed by atoms with Gasteiger partial charge in [0.2, 0.25) is 0 Å². The lowest BCUT2D eigenvalue weighted by Crippen LogP contribution is -2.43. The summed E-state index contributed by atoms with van der Waals surface area (Å²) in [6.45, 7) is 3.96. The number of aromatic nitrogens is 1. The molecule has 0 saturated heterocycles. The Morgan fingerprint density at radius 2 is 1.60 bits per heavy atom. The molecule has 0 radical (unpaired) electrons. The van der Waals surface area contributed by atoms with E-state index in [1.165, 1.54) is 12.3 Å². The predicted molar refractivity (Wildman–Crippen MR) is 83.0 cm³/mol. The van der Waals surface area contributed by atoms with Crippen LogP contribution in [0.3, 0.4) is 0 Å². The topological polar surface area (TPSA) is 37.0 Å². The maximum atomic E-state index is 12.5. The summed E-state index contributed by atoms with van der Waals surface area (Å²) < 4.78 is 73.9. The van der Waals surface area contributed by atoms with Gasteiger partial charge in [-0.05, 0) is 44.0 Å². The molecule has 1 aliphatic rings. The van der Waals surface area contributed by atoms with Gasteiger partial charge in [0, 0.05) is 6.20 Å². The Kier molecular flexibility index (Phi) is 8.14. The molecule has 25 heavy (non-hydrogen) atoms. The Morgan fingerprint density at radius 3 is 1.96 bits per heavy atom. The van der Waals surface area contributed by atoms with E-state index in [4.69, 9.17) is 0 Å². The minimum atomic E-state index is -4.30. The number of hydrogen-bond donors (Lipinski definition) is 2. The van der Waals surface area contributed by atoms with E-state index >= 15 is 0 Å². The van der Waals surface area contributed by atoms with Crippen molar-refractivity contribution in [2.75, 3.05) is 13.1 Å². The van der Waals surface area contributed by atoms with E-state index < -0.39 is 24.4 Å². The summed E-state index contributed by atoms with van der Waals surface area (Å²) in [5.74, 6) is -0.157. The van der Waals surface area contributed by atoms with Crippen LogP contribution in [0.1, 0.15) is 38.4 Å². The standard InChI is InChI=1S/C9H11F3N2.C7H12F3N/c1-2-13-8(9(10,11)12)7-5-3-4-6-14-7;1-2-11-6(5-3-4-5)7(8,9)10/h3-6,8,13H,2H2,1H3;5-6,11H,2-4H2,1H3. The van der Waals surface area contributed by atoms with Crippen LogP contribution in [0.5, 0.6) is 0 Å². The van der Waals surface area contributed by atoms with Gasteiger partial charge in [-0.1, -0.05) is 19.9 Å². The zero-order valence-electron chi connectivity index (χ0n) is 14.1. The van der Waals surface area contributed by atoms with Gasteiger partial charge < -0.3 is 10.6 Å². The minimum Gasteiger partial charge on any atom is -0.306 e. The first-order chi connectivity index (χ1) is 11.6. The summed E-state index contributed by atoms with van der Waals surface area (Å²) >= 11 is 0. The average molecular weight is 371 g/mol. The van der Waals surface area contributed by atoms with E-state index in [2.05, 4.69) is 15.6 Å². The Labute approximate surface area is 143 Å². The highest BCUT2D eigenvalue weighted by Crippen LogP contribution is 2.39. The molecule has 0 bridgehead atoms. The first-order valence-corrected chi connectivity index (χ1v) is 8.12. The number of nitrogens with one attached hydrogen (secondary N) is 2. The number of rotatable bonds is 6. The smallest absolute Gasteiger partial charge is 0.306 e. The van der Waals surface area contributed by atoms with Crippen molar-refractivity contribution in [2.45, 2.75) is 51.1 Å². The molecule has 1 aromatic rings. The maximum absolute atomic E-state index is 12.5. The molecule has 1 saturated carbocycles. The molecule has 2 rings (SSSR count). The van der Waals surface area contributed by atoms with Gasteiger partial charge in [-0.3, -0.25) is 4.98 Å². The largest absolute Gasteiger partial charge is 0.409 e. The molecule has 2 N–H and O–H groups in total. The van der Waals surface area contributed by atoms with Crippen molar-refractivity contribution >= 4 is 0 Å². The van der Waals surface area contributed by atoms with Crippen LogP contribution in [0.2, 0.25) is 0 Å². The number of pyridine rings is 1. The first kappa shape index (κ1) is 21.7. The Morgan fingerprint density at radius 1 is 1.00 bits per heavy atom. The molecule has 0 amide bonds. The fourth-order valence-electron chi connectivity index (χ4n) is 2.34. The predicted octanol–water partition coefficient (Wildman–Crippen LogP) is 4.23. The van der Waals surface area contributed by atoms with Crippen LogP contribution >= 0.6 is 0 Å². The van der Waals surface area contributed by atoms with Crippen molar-refractivity contribution in [3.63, 3.8) is 0 Å². The maximum Gasteiger partial charge on any atom is 0.409 e. The zero-order chi connectivity index (χ0) is 19.1. The molecule has 0 spiro atoms. The average Bonchev–Trinajstić information content (AvgIpc) is 3.34. The third-order valence-electron chi connectivity index (χ3n) is 3.59. The fraction of sp³-hybridized carbons (Fsp3) is 0.688. The monoisotopic (exact) mass is 371 g/mol. The van der Waals surface area contributed by atoms with Crippen molar-refractivity contribution in [1.29, 1.82) is 0 Å². The molecule has 0 aliphatic heterocycles. The van der Waals surface area contributed by atoms with Gasteiger partial charge in [-0.15, -0.1) is 0 Å². The Hall–Kier alpha value is -1.35. The van der Waals surface area contributed by atoms with E-state index in [9.17, 15) is 26.3 Å². The van der Waals surface area contributed by atoms with Gasteiger partial charge in [0.25, 0.3) is 0 Å². The lowest BCUT2D eigenvalue weighted by Gasteiger charge is -2.20. The van der Waals surface area contributed by atoms with Crippen LogP contribution in [0.15, 0.2) is 24.4 Å². The highest BCUT2D eigenvalue weighted by atomic mass is 19.4. The summed E-state index contributed by atoms with van der Waals surface area (Å²) in [5.41, 5.74) is 0.00171. The second-order valence-electron chi connectivity index (χ2n) is 5.70. The number of hydrogen-bond acceptors (Lipinski definition) is 3. The minimum absolute atomic E-state index is 0.00171. The van der Waals surface area contributed by atoms with Crippen molar-refractivity contribution in [1.82, 2.24) is 15.6 Å². The summed E-state index contributed by atoms with van der Waals surface area (Å²) in [6, 6.07) is 1.56. The summed E-state index contributed by atoms with van der Waals surface area (Å²) in [5, 5.41) is 4.81. The lowest BCUT2D eigenvalue weighted by molar-refractivity contribution is -0.160. The quantitative estimate of drug-likeness (QED) is 0.735. The molecule has 2 unspecified atom stereocenters. The van der Waals surface area contributed by atoms with Crippen LogP contribution in [-0.4, -0.2) is 36.5 Å². The normalized spacial score (nSPS) is 17.4. The molecule has 1 heterocycles. The summed E-state index contributed by atoms with van der Waals surface area (Å²) in [7, 11) is 0. The van der Waals surface area contributed by atoms with Crippen molar-refractivity contribution in [2.24, 2.45) is 5.92 Å². The molecule has 1 aromatic heterocycles. The molecule has 2 atom stereocenters. The van der Waals surface area contributed by atoms with Crippen molar-refractivity contribution in [3.05, 3.63) is 30.1 Å². The van der Waals surface area contributed by atoms with Gasteiger partial charge in [0.1, 0.15) is 12.1 Å². The van der Waals surface area contributed by atoms with Gasteiger partial charge in [0.15, 0.2) is 0 Å². The molecular formula is C16H23F6N3. The van der Waals surface area contributed by atoms with Crippen LogP contribution < -0.4 is 10.6 Å². The van der Waals surface area contributed by atoms with Gasteiger partial charge in [-0.2, -0.15) is 26.3 Å². The van der Waals surface area contributed by atoms with Crippen LogP contribution in [0.25, 0.3) is 0 Å². The zero-order valence-corrected chi connectivity index (χ0v) is 14.1. The van der Waals surface area contributed by atoms with E-state index in [0.717, 1.165) is 12.8 Å². The van der Waals surface area contributed by atoms with Gasteiger partial charge in [-0.25, -0.2) is 0 Å². The second kappa shape index (κ2) is 9.38. The lowest BCUT2D eigenvalue weighted by atomic mass is 10.2. The fourth-order valence-corrected chi connectivity index (χ4v) is 2.34. The summed E-state index contributed by atoms with van der Waals surface area (Å²) in [4.78, 5) is 3.68. The highest BCUT2D eigenvalue weighted by Gasteiger charge is 2.48. The molecule has 1 fully saturated rings. The Bertz CT molecular complexity index is 485. The van der Waals surface area contributed by atoms with Crippen LogP contribution in [0.4, 0.5) is 26.3 Å². The van der Waals surface area contributed by atoms with Crippen molar-refractivity contribution < 1.29 is 26.3 Å². The number of nitrogens with zero attached hydrogens (tertiary/aromatic N) is 1. The van der Waals surface area contributed by atoms with Crippen molar-refractivity contribution in [3.8, 4) is 0 Å². The SMILES string of the molecule is CCNC(C1CC1)C(F)(F)F.CCNC(c1ccccn1)C(F)(F)F. The molecule has 144 valence electrons. The number of halogens is 6. The third kappa shape index (κ3) is 7.60. The van der Waals surface area contributed by atoms with Crippen LogP contribution in [-0.2, 0) is 0 Å². The molecule has 3 nitrogen and oxygen atoms in total. The van der Waals surface area contributed by atoms with E-state index in [-0.39, 0.29) is 18.2 Å². The molecular weight excluding hydrogens is 348 g/mol. The first-order valence-electron chi connectivity index (χ1n) is 8.12. The second-order valence-corrected chi connectivity index (χ2v) is 5.70. The summed E-state index contributed by atoms with van der Waals surface area (Å²) in [6.07, 6.45) is -5.57. The van der Waals surface area contributed by atoms with E-state index in [1.807, 2.05) is 0 Å². The van der Waals surface area contributed by atoms with Crippen LogP contribution in [0, 0.1) is 5.92 Å². The van der Waals surface area contributed by atoms with Gasteiger partial charge >= 0.3 is 12.4 Å². The molecule has 1 aliphatic carbocycles. The highest BCUT2D eigenvalue weighted by molar-refractivity contribution is 5.10. The van der Waals surface area contributed by atoms with E-state index in [0.29, 0.717) is 6.54 Å².